The first-order chi connectivity index (χ1) is 24.3. The Balaban J connectivity index is 1.10. The van der Waals surface area contributed by atoms with E-state index in [9.17, 15) is 0 Å². The summed E-state index contributed by atoms with van der Waals surface area (Å²) in [6.07, 6.45) is 0. The maximum Gasteiger partial charge on any atom is 0.137 e. The van der Waals surface area contributed by atoms with Crippen LogP contribution in [0.15, 0.2) is 186 Å². The Kier molecular flexibility index (Phi) is 6.18. The number of hydrogen-bond donors (Lipinski definition) is 0. The largest absolute Gasteiger partial charge is 0.456 e. The predicted molar refractivity (Wildman–Crippen MR) is 206 cm³/mol. The van der Waals surface area contributed by atoms with Gasteiger partial charge in [-0.15, -0.1) is 0 Å². The minimum atomic E-state index is 0.874. The molecule has 0 atom stereocenters. The number of nitrogens with zero attached hydrogens (tertiary/aromatic N) is 2. The van der Waals surface area contributed by atoms with Crippen molar-refractivity contribution in [3.05, 3.63) is 182 Å². The molecule has 10 aromatic rings. The van der Waals surface area contributed by atoms with Gasteiger partial charge in [-0.2, -0.15) is 0 Å². The van der Waals surface area contributed by atoms with Gasteiger partial charge < -0.3 is 13.9 Å². The van der Waals surface area contributed by atoms with E-state index in [0.29, 0.717) is 0 Å². The van der Waals surface area contributed by atoms with E-state index in [1.807, 2.05) is 12.1 Å². The van der Waals surface area contributed by atoms with Crippen LogP contribution in [-0.2, 0) is 0 Å². The van der Waals surface area contributed by atoms with Gasteiger partial charge in [0.15, 0.2) is 0 Å². The zero-order chi connectivity index (χ0) is 32.3. The maximum atomic E-state index is 6.35. The Labute approximate surface area is 283 Å². The van der Waals surface area contributed by atoms with Crippen molar-refractivity contribution >= 4 is 71.6 Å². The van der Waals surface area contributed by atoms with E-state index in [2.05, 4.69) is 179 Å². The fourth-order valence-electron chi connectivity index (χ4n) is 7.42. The van der Waals surface area contributed by atoms with E-state index >= 15 is 0 Å². The number of benzene rings is 8. The van der Waals surface area contributed by atoms with Crippen molar-refractivity contribution in [2.75, 3.05) is 4.90 Å². The van der Waals surface area contributed by atoms with E-state index < -0.39 is 0 Å². The zero-order valence-electron chi connectivity index (χ0n) is 26.6. The highest BCUT2D eigenvalue weighted by molar-refractivity contribution is 6.09. The van der Waals surface area contributed by atoms with Gasteiger partial charge in [-0.05, 0) is 94.7 Å². The van der Waals surface area contributed by atoms with Crippen molar-refractivity contribution in [1.82, 2.24) is 4.57 Å². The summed E-state index contributed by atoms with van der Waals surface area (Å²) in [5.41, 5.74) is 10.9. The Morgan fingerprint density at radius 2 is 0.918 bits per heavy atom. The number of rotatable bonds is 5. The number of anilines is 3. The van der Waals surface area contributed by atoms with Crippen LogP contribution < -0.4 is 4.90 Å². The smallest absolute Gasteiger partial charge is 0.137 e. The summed E-state index contributed by atoms with van der Waals surface area (Å²) in [4.78, 5) is 2.31. The Morgan fingerprint density at radius 1 is 0.367 bits per heavy atom. The molecule has 0 fully saturated rings. The fraction of sp³-hybridized carbons (Fsp3) is 0. The fourth-order valence-corrected chi connectivity index (χ4v) is 7.42. The van der Waals surface area contributed by atoms with Gasteiger partial charge in [0, 0.05) is 50.4 Å². The summed E-state index contributed by atoms with van der Waals surface area (Å²) in [7, 11) is 0. The van der Waals surface area contributed by atoms with Crippen molar-refractivity contribution in [2.45, 2.75) is 0 Å². The molecule has 2 heterocycles. The minimum absolute atomic E-state index is 0.874. The Morgan fingerprint density at radius 3 is 1.65 bits per heavy atom. The van der Waals surface area contributed by atoms with Gasteiger partial charge in [0.25, 0.3) is 0 Å². The van der Waals surface area contributed by atoms with Gasteiger partial charge in [0.2, 0.25) is 0 Å². The molecule has 0 aliphatic rings. The first-order valence-corrected chi connectivity index (χ1v) is 16.7. The van der Waals surface area contributed by atoms with E-state index in [1.165, 1.54) is 43.7 Å². The SMILES string of the molecule is c1ccc2cc(-c3ccc(N(c4ccc(-n5c6ccccc6c6ccccc65)cc4)c4ccc5c(c4)oc4ccccc45)cc3)ccc2c1. The van der Waals surface area contributed by atoms with Crippen LogP contribution in [0.1, 0.15) is 0 Å². The molecule has 0 amide bonds. The van der Waals surface area contributed by atoms with E-state index in [0.717, 1.165) is 44.7 Å². The van der Waals surface area contributed by atoms with Gasteiger partial charge in [0.1, 0.15) is 11.2 Å². The highest BCUT2D eigenvalue weighted by atomic mass is 16.3. The maximum absolute atomic E-state index is 6.35. The summed E-state index contributed by atoms with van der Waals surface area (Å²) in [6, 6.07) is 65.0. The second-order valence-electron chi connectivity index (χ2n) is 12.6. The Hall–Kier alpha value is -6.58. The third-order valence-corrected chi connectivity index (χ3v) is 9.78. The van der Waals surface area contributed by atoms with Gasteiger partial charge in [0.05, 0.1) is 11.0 Å². The zero-order valence-corrected chi connectivity index (χ0v) is 26.6. The van der Waals surface area contributed by atoms with Crippen molar-refractivity contribution in [3.8, 4) is 16.8 Å². The summed E-state index contributed by atoms with van der Waals surface area (Å²) >= 11 is 0. The molecule has 230 valence electrons. The number of furan rings is 1. The van der Waals surface area contributed by atoms with Crippen molar-refractivity contribution in [2.24, 2.45) is 0 Å². The molecule has 3 heteroatoms. The molecule has 8 aromatic carbocycles. The van der Waals surface area contributed by atoms with Gasteiger partial charge in [-0.1, -0.05) is 103 Å². The molecule has 0 N–H and O–H groups in total. The third kappa shape index (κ3) is 4.51. The van der Waals surface area contributed by atoms with Gasteiger partial charge in [-0.3, -0.25) is 0 Å². The summed E-state index contributed by atoms with van der Waals surface area (Å²) in [5.74, 6) is 0. The molecule has 0 aliphatic heterocycles. The number of hydrogen-bond acceptors (Lipinski definition) is 2. The topological polar surface area (TPSA) is 21.3 Å². The normalized spacial score (nSPS) is 11.7. The lowest BCUT2D eigenvalue weighted by atomic mass is 10.0. The molecule has 0 spiro atoms. The average Bonchev–Trinajstić information content (AvgIpc) is 3.71. The summed E-state index contributed by atoms with van der Waals surface area (Å²) < 4.78 is 8.71. The molecular formula is C46H30N2O. The van der Waals surface area contributed by atoms with Crippen LogP contribution >= 0.6 is 0 Å². The lowest BCUT2D eigenvalue weighted by Gasteiger charge is -2.26. The van der Waals surface area contributed by atoms with Crippen LogP contribution in [0.5, 0.6) is 0 Å². The predicted octanol–water partition coefficient (Wildman–Crippen LogP) is 13.0. The molecule has 10 rings (SSSR count). The number of para-hydroxylation sites is 3. The van der Waals surface area contributed by atoms with Crippen LogP contribution in [-0.4, -0.2) is 4.57 Å². The van der Waals surface area contributed by atoms with Crippen molar-refractivity contribution in [3.63, 3.8) is 0 Å². The molecule has 0 bridgehead atoms. The van der Waals surface area contributed by atoms with Gasteiger partial charge in [-0.25, -0.2) is 0 Å². The van der Waals surface area contributed by atoms with E-state index in [1.54, 1.807) is 0 Å². The molecule has 0 saturated carbocycles. The van der Waals surface area contributed by atoms with Gasteiger partial charge >= 0.3 is 0 Å². The lowest BCUT2D eigenvalue weighted by Crippen LogP contribution is -2.10. The number of fused-ring (bicyclic) bond motifs is 7. The molecule has 0 aliphatic carbocycles. The first kappa shape index (κ1) is 27.5. The quantitative estimate of drug-likeness (QED) is 0.190. The third-order valence-electron chi connectivity index (χ3n) is 9.78. The van der Waals surface area contributed by atoms with Crippen LogP contribution in [0.25, 0.3) is 71.3 Å². The van der Waals surface area contributed by atoms with Crippen molar-refractivity contribution < 1.29 is 4.42 Å². The lowest BCUT2D eigenvalue weighted by molar-refractivity contribution is 0.669. The summed E-state index contributed by atoms with van der Waals surface area (Å²) in [5, 5.41) is 7.26. The molecule has 49 heavy (non-hydrogen) atoms. The minimum Gasteiger partial charge on any atom is -0.456 e. The standard InChI is InChI=1S/C46H30N2O/c1-2-10-33-29-34(18-17-31(33)9-1)32-19-21-35(22-20-32)47(38-27-28-42-41-13-5-8-16-45(41)49-46(42)30-38)36-23-25-37(26-24-36)48-43-14-6-3-11-39(43)40-12-4-7-15-44(40)48/h1-30H. The second-order valence-corrected chi connectivity index (χ2v) is 12.6. The highest BCUT2D eigenvalue weighted by Gasteiger charge is 2.17. The first-order valence-electron chi connectivity index (χ1n) is 16.7. The highest BCUT2D eigenvalue weighted by Crippen LogP contribution is 2.40. The number of aromatic nitrogens is 1. The molecule has 2 aromatic heterocycles. The molecule has 0 unspecified atom stereocenters. The van der Waals surface area contributed by atoms with Crippen LogP contribution in [0.4, 0.5) is 17.1 Å². The monoisotopic (exact) mass is 626 g/mol. The van der Waals surface area contributed by atoms with Crippen molar-refractivity contribution in [1.29, 1.82) is 0 Å². The molecule has 0 saturated heterocycles. The van der Waals surface area contributed by atoms with Crippen LogP contribution in [0.2, 0.25) is 0 Å². The molecular weight excluding hydrogens is 597 g/mol. The molecule has 0 radical (unpaired) electrons. The Bertz CT molecular complexity index is 2770. The molecule has 3 nitrogen and oxygen atoms in total. The summed E-state index contributed by atoms with van der Waals surface area (Å²) in [6.45, 7) is 0. The van der Waals surface area contributed by atoms with Crippen LogP contribution in [0.3, 0.4) is 0 Å². The van der Waals surface area contributed by atoms with E-state index in [4.69, 9.17) is 4.42 Å². The second kappa shape index (κ2) is 11.0. The van der Waals surface area contributed by atoms with Crippen LogP contribution in [0, 0.1) is 0 Å². The van der Waals surface area contributed by atoms with E-state index in [-0.39, 0.29) is 0 Å². The average molecular weight is 627 g/mol.